The van der Waals surface area contributed by atoms with Crippen molar-refractivity contribution in [2.24, 2.45) is 11.3 Å². The van der Waals surface area contributed by atoms with E-state index in [2.05, 4.69) is 11.8 Å². The summed E-state index contributed by atoms with van der Waals surface area (Å²) in [6, 6.07) is 0.329. The topological polar surface area (TPSA) is 37.4 Å². The molecule has 1 aliphatic heterocycles. The van der Waals surface area contributed by atoms with Crippen molar-refractivity contribution in [1.29, 1.82) is 0 Å². The molecule has 0 aromatic heterocycles. The first-order valence-electron chi connectivity index (χ1n) is 7.42. The van der Waals surface area contributed by atoms with Crippen molar-refractivity contribution in [3.8, 4) is 0 Å². The van der Waals surface area contributed by atoms with Crippen LogP contribution in [0.15, 0.2) is 0 Å². The van der Waals surface area contributed by atoms with Crippen LogP contribution in [0.4, 0.5) is 0 Å². The van der Waals surface area contributed by atoms with Gasteiger partial charge in [0.05, 0.1) is 11.5 Å². The van der Waals surface area contributed by atoms with Crippen LogP contribution in [0.1, 0.15) is 45.4 Å². The summed E-state index contributed by atoms with van der Waals surface area (Å²) >= 11 is 0. The minimum atomic E-state index is -2.79. The highest BCUT2D eigenvalue weighted by atomic mass is 32.2. The maximum atomic E-state index is 12.0. The van der Waals surface area contributed by atoms with Gasteiger partial charge in [-0.05, 0) is 50.0 Å². The van der Waals surface area contributed by atoms with E-state index in [-0.39, 0.29) is 0 Å². The van der Waals surface area contributed by atoms with Gasteiger partial charge >= 0.3 is 0 Å². The summed E-state index contributed by atoms with van der Waals surface area (Å²) in [6.45, 7) is 4.50. The molecule has 0 radical (unpaired) electrons. The minimum Gasteiger partial charge on any atom is -0.299 e. The summed E-state index contributed by atoms with van der Waals surface area (Å²) in [4.78, 5) is 2.53. The van der Waals surface area contributed by atoms with Gasteiger partial charge in [0.25, 0.3) is 0 Å². The van der Waals surface area contributed by atoms with E-state index in [0.29, 0.717) is 28.9 Å². The van der Waals surface area contributed by atoms with E-state index in [9.17, 15) is 8.42 Å². The zero-order valence-corrected chi connectivity index (χ0v) is 12.2. The van der Waals surface area contributed by atoms with Gasteiger partial charge < -0.3 is 0 Å². The van der Waals surface area contributed by atoms with Crippen LogP contribution in [0.2, 0.25) is 0 Å². The van der Waals surface area contributed by atoms with Gasteiger partial charge in [-0.25, -0.2) is 8.42 Å². The monoisotopic (exact) mass is 271 g/mol. The number of sulfone groups is 1. The van der Waals surface area contributed by atoms with Gasteiger partial charge in [0.1, 0.15) is 0 Å². The lowest BCUT2D eigenvalue weighted by Gasteiger charge is -2.44. The van der Waals surface area contributed by atoms with Crippen LogP contribution in [-0.2, 0) is 9.84 Å². The summed E-state index contributed by atoms with van der Waals surface area (Å²) in [5, 5.41) is 0. The summed E-state index contributed by atoms with van der Waals surface area (Å²) in [5.74, 6) is 1.50. The van der Waals surface area contributed by atoms with Crippen molar-refractivity contribution in [3.05, 3.63) is 0 Å². The summed E-state index contributed by atoms with van der Waals surface area (Å²) in [7, 11) is -2.79. The third-order valence-electron chi connectivity index (χ3n) is 5.11. The van der Waals surface area contributed by atoms with E-state index in [1.807, 2.05) is 0 Å². The zero-order valence-electron chi connectivity index (χ0n) is 11.4. The molecule has 104 valence electrons. The molecule has 1 unspecified atom stereocenters. The second kappa shape index (κ2) is 4.48. The fourth-order valence-corrected chi connectivity index (χ4v) is 5.38. The van der Waals surface area contributed by atoms with Gasteiger partial charge in [0.15, 0.2) is 9.84 Å². The second-order valence-corrected chi connectivity index (χ2v) is 9.24. The van der Waals surface area contributed by atoms with E-state index in [0.717, 1.165) is 19.5 Å². The Morgan fingerprint density at radius 1 is 1.22 bits per heavy atom. The summed E-state index contributed by atoms with van der Waals surface area (Å²) < 4.78 is 24.0. The third kappa shape index (κ3) is 2.74. The molecule has 2 aliphatic carbocycles. The van der Waals surface area contributed by atoms with Crippen LogP contribution in [0.5, 0.6) is 0 Å². The Kier molecular flexibility index (Phi) is 3.22. The largest absolute Gasteiger partial charge is 0.299 e. The van der Waals surface area contributed by atoms with E-state index >= 15 is 0 Å². The first-order valence-corrected chi connectivity index (χ1v) is 9.24. The molecule has 2 saturated carbocycles. The maximum Gasteiger partial charge on any atom is 0.151 e. The molecule has 3 rings (SSSR count). The summed E-state index contributed by atoms with van der Waals surface area (Å²) in [5.41, 5.74) is 0.473. The fourth-order valence-electron chi connectivity index (χ4n) is 3.64. The molecule has 1 saturated heterocycles. The molecule has 3 nitrogen and oxygen atoms in total. The minimum absolute atomic E-state index is 0.329. The SMILES string of the molecule is CC1(CN2CCCS(=O)(=O)CC2C2CC2)CCC1. The molecule has 0 amide bonds. The Bertz CT molecular complexity index is 410. The standard InChI is InChI=1S/C14H25NO2S/c1-14(6-2-7-14)11-15-8-3-9-18(16,17)10-13(15)12-4-5-12/h12-13H,2-11H2,1H3. The van der Waals surface area contributed by atoms with Crippen LogP contribution in [0, 0.1) is 11.3 Å². The molecule has 4 heteroatoms. The molecular formula is C14H25NO2S. The van der Waals surface area contributed by atoms with E-state index in [1.165, 1.54) is 32.1 Å². The van der Waals surface area contributed by atoms with Crippen LogP contribution in [0.3, 0.4) is 0 Å². The Balaban J connectivity index is 1.73. The molecule has 0 aromatic rings. The molecule has 0 spiro atoms. The average Bonchev–Trinajstić information content (AvgIpc) is 3.05. The van der Waals surface area contributed by atoms with E-state index in [1.54, 1.807) is 0 Å². The first kappa shape index (κ1) is 12.9. The van der Waals surface area contributed by atoms with E-state index in [4.69, 9.17) is 0 Å². The van der Waals surface area contributed by atoms with Crippen LogP contribution in [-0.4, -0.2) is 44.0 Å². The van der Waals surface area contributed by atoms with Crippen LogP contribution in [0.25, 0.3) is 0 Å². The normalized spacial score (nSPS) is 35.7. The second-order valence-electron chi connectivity index (χ2n) is 7.01. The predicted octanol–water partition coefficient (Wildman–Crippen LogP) is 2.08. The molecule has 18 heavy (non-hydrogen) atoms. The van der Waals surface area contributed by atoms with Gasteiger partial charge in [0, 0.05) is 12.6 Å². The maximum absolute atomic E-state index is 12.0. The Hall–Kier alpha value is -0.0900. The van der Waals surface area contributed by atoms with Gasteiger partial charge in [0.2, 0.25) is 0 Å². The average molecular weight is 271 g/mol. The Labute approximate surface area is 111 Å². The number of hydrogen-bond donors (Lipinski definition) is 0. The highest BCUT2D eigenvalue weighted by Crippen LogP contribution is 2.44. The van der Waals surface area contributed by atoms with Crippen molar-refractivity contribution in [2.45, 2.75) is 51.5 Å². The Morgan fingerprint density at radius 3 is 2.50 bits per heavy atom. The highest BCUT2D eigenvalue weighted by molar-refractivity contribution is 7.91. The van der Waals surface area contributed by atoms with Crippen molar-refractivity contribution in [1.82, 2.24) is 4.90 Å². The van der Waals surface area contributed by atoms with Crippen molar-refractivity contribution < 1.29 is 8.42 Å². The van der Waals surface area contributed by atoms with Crippen molar-refractivity contribution in [2.75, 3.05) is 24.6 Å². The Morgan fingerprint density at radius 2 is 1.94 bits per heavy atom. The smallest absolute Gasteiger partial charge is 0.151 e. The quantitative estimate of drug-likeness (QED) is 0.788. The molecule has 0 N–H and O–H groups in total. The van der Waals surface area contributed by atoms with Gasteiger partial charge in [-0.3, -0.25) is 4.90 Å². The fraction of sp³-hybridized carbons (Fsp3) is 1.00. The van der Waals surface area contributed by atoms with Gasteiger partial charge in [-0.2, -0.15) is 0 Å². The lowest BCUT2D eigenvalue weighted by molar-refractivity contribution is 0.0604. The molecule has 1 atom stereocenters. The van der Waals surface area contributed by atoms with Crippen LogP contribution < -0.4 is 0 Å². The van der Waals surface area contributed by atoms with Crippen LogP contribution >= 0.6 is 0 Å². The molecule has 1 heterocycles. The van der Waals surface area contributed by atoms with Gasteiger partial charge in [-0.1, -0.05) is 13.3 Å². The number of nitrogens with zero attached hydrogens (tertiary/aromatic N) is 1. The highest BCUT2D eigenvalue weighted by Gasteiger charge is 2.42. The lowest BCUT2D eigenvalue weighted by Crippen LogP contribution is -2.47. The van der Waals surface area contributed by atoms with Crippen molar-refractivity contribution >= 4 is 9.84 Å². The number of rotatable bonds is 3. The molecule has 3 aliphatic rings. The lowest BCUT2D eigenvalue weighted by atomic mass is 9.70. The zero-order chi connectivity index (χ0) is 12.8. The summed E-state index contributed by atoms with van der Waals surface area (Å²) in [6.07, 6.45) is 7.33. The van der Waals surface area contributed by atoms with Crippen molar-refractivity contribution in [3.63, 3.8) is 0 Å². The van der Waals surface area contributed by atoms with Gasteiger partial charge in [-0.15, -0.1) is 0 Å². The number of hydrogen-bond acceptors (Lipinski definition) is 3. The predicted molar refractivity (Wildman–Crippen MR) is 73.3 cm³/mol. The third-order valence-corrected chi connectivity index (χ3v) is 6.87. The molecule has 3 fully saturated rings. The molecule has 0 bridgehead atoms. The van der Waals surface area contributed by atoms with E-state index < -0.39 is 9.84 Å². The molecular weight excluding hydrogens is 246 g/mol. The first-order chi connectivity index (χ1) is 8.48. The molecule has 0 aromatic carbocycles.